The first kappa shape index (κ1) is 14.1. The SMILES string of the molecule is CCCc1nnsc1C(NN)c1cccc(C)c1C. The number of aryl methyl sites for hydroxylation is 2. The van der Waals surface area contributed by atoms with Crippen molar-refractivity contribution in [1.29, 1.82) is 0 Å². The monoisotopic (exact) mass is 276 g/mol. The summed E-state index contributed by atoms with van der Waals surface area (Å²) >= 11 is 1.43. The highest BCUT2D eigenvalue weighted by molar-refractivity contribution is 7.05. The summed E-state index contributed by atoms with van der Waals surface area (Å²) in [5, 5.41) is 4.23. The van der Waals surface area contributed by atoms with E-state index in [1.165, 1.54) is 28.2 Å². The first-order valence-corrected chi connectivity index (χ1v) is 7.29. The Morgan fingerprint density at radius 1 is 1.37 bits per heavy atom. The normalized spacial score (nSPS) is 12.6. The fourth-order valence-electron chi connectivity index (χ4n) is 2.24. The standard InChI is InChI=1S/C14H20N4S/c1-4-6-12-14(19-18-17-12)13(16-15)11-8-5-7-9(2)10(11)3/h5,7-8,13,16H,4,6,15H2,1-3H3. The lowest BCUT2D eigenvalue weighted by atomic mass is 9.96. The van der Waals surface area contributed by atoms with Crippen LogP contribution in [0.2, 0.25) is 0 Å². The molecular weight excluding hydrogens is 256 g/mol. The van der Waals surface area contributed by atoms with Crippen molar-refractivity contribution in [3.8, 4) is 0 Å². The van der Waals surface area contributed by atoms with Crippen LogP contribution in [0.1, 0.15) is 46.6 Å². The van der Waals surface area contributed by atoms with E-state index in [1.807, 2.05) is 0 Å². The van der Waals surface area contributed by atoms with Crippen LogP contribution in [-0.2, 0) is 6.42 Å². The van der Waals surface area contributed by atoms with Crippen molar-refractivity contribution in [2.75, 3.05) is 0 Å². The number of hydrazine groups is 1. The maximum absolute atomic E-state index is 5.78. The molecule has 3 N–H and O–H groups in total. The maximum atomic E-state index is 5.78. The molecule has 1 heterocycles. The molecule has 2 rings (SSSR count). The van der Waals surface area contributed by atoms with Gasteiger partial charge in [0.15, 0.2) is 0 Å². The van der Waals surface area contributed by atoms with Gasteiger partial charge in [0, 0.05) is 0 Å². The molecule has 0 radical (unpaired) electrons. The molecule has 0 aliphatic heterocycles. The molecule has 1 unspecified atom stereocenters. The van der Waals surface area contributed by atoms with Gasteiger partial charge in [-0.15, -0.1) is 5.10 Å². The molecule has 0 bridgehead atoms. The molecule has 0 saturated heterocycles. The number of hydrogen-bond acceptors (Lipinski definition) is 5. The van der Waals surface area contributed by atoms with E-state index in [4.69, 9.17) is 5.84 Å². The first-order valence-electron chi connectivity index (χ1n) is 6.52. The minimum atomic E-state index is -0.0264. The molecule has 0 saturated carbocycles. The van der Waals surface area contributed by atoms with Gasteiger partial charge >= 0.3 is 0 Å². The molecule has 0 aliphatic rings. The summed E-state index contributed by atoms with van der Waals surface area (Å²) in [4.78, 5) is 1.12. The third kappa shape index (κ3) is 2.83. The molecule has 5 heteroatoms. The van der Waals surface area contributed by atoms with Gasteiger partial charge in [0.25, 0.3) is 0 Å². The molecule has 0 aliphatic carbocycles. The number of hydrogen-bond donors (Lipinski definition) is 2. The van der Waals surface area contributed by atoms with Crippen molar-refractivity contribution in [3.05, 3.63) is 45.5 Å². The van der Waals surface area contributed by atoms with Gasteiger partial charge < -0.3 is 0 Å². The molecule has 0 amide bonds. The third-order valence-corrected chi connectivity index (χ3v) is 4.29. The zero-order valence-corrected chi connectivity index (χ0v) is 12.4. The van der Waals surface area contributed by atoms with Crippen molar-refractivity contribution >= 4 is 11.5 Å². The Morgan fingerprint density at radius 3 is 2.84 bits per heavy atom. The first-order chi connectivity index (χ1) is 9.19. The van der Waals surface area contributed by atoms with Crippen molar-refractivity contribution in [2.45, 2.75) is 39.7 Å². The molecular formula is C14H20N4S. The molecule has 19 heavy (non-hydrogen) atoms. The van der Waals surface area contributed by atoms with Gasteiger partial charge in [-0.25, -0.2) is 5.43 Å². The quantitative estimate of drug-likeness (QED) is 0.651. The predicted octanol–water partition coefficient (Wildman–Crippen LogP) is 2.66. The summed E-state index contributed by atoms with van der Waals surface area (Å²) in [6.07, 6.45) is 2.00. The minimum Gasteiger partial charge on any atom is -0.271 e. The van der Waals surface area contributed by atoms with Crippen LogP contribution in [0.4, 0.5) is 0 Å². The Labute approximate surface area is 118 Å². The summed E-state index contributed by atoms with van der Waals surface area (Å²) in [7, 11) is 0. The number of aromatic nitrogens is 2. The van der Waals surface area contributed by atoms with Crippen LogP contribution < -0.4 is 11.3 Å². The van der Waals surface area contributed by atoms with Crippen LogP contribution in [0.5, 0.6) is 0 Å². The zero-order valence-electron chi connectivity index (χ0n) is 11.6. The Hall–Kier alpha value is -1.30. The van der Waals surface area contributed by atoms with E-state index >= 15 is 0 Å². The second kappa shape index (κ2) is 6.23. The van der Waals surface area contributed by atoms with E-state index < -0.39 is 0 Å². The fourth-order valence-corrected chi connectivity index (χ4v) is 3.01. The molecule has 2 aromatic rings. The van der Waals surface area contributed by atoms with Gasteiger partial charge in [-0.2, -0.15) is 0 Å². The number of nitrogens with two attached hydrogens (primary N) is 1. The Morgan fingerprint density at radius 2 is 2.16 bits per heavy atom. The summed E-state index contributed by atoms with van der Waals surface area (Å²) in [6, 6.07) is 6.27. The average Bonchev–Trinajstić information content (AvgIpc) is 2.84. The maximum Gasteiger partial charge on any atom is 0.0840 e. The topological polar surface area (TPSA) is 63.8 Å². The summed E-state index contributed by atoms with van der Waals surface area (Å²) < 4.78 is 4.08. The number of rotatable bonds is 5. The number of nitrogens with zero attached hydrogens (tertiary/aromatic N) is 2. The van der Waals surface area contributed by atoms with Gasteiger partial charge in [-0.3, -0.25) is 5.84 Å². The highest BCUT2D eigenvalue weighted by Gasteiger charge is 2.21. The second-order valence-corrected chi connectivity index (χ2v) is 5.51. The molecule has 1 aromatic heterocycles. The summed E-state index contributed by atoms with van der Waals surface area (Å²) in [5.41, 5.74) is 7.71. The van der Waals surface area contributed by atoms with Crippen LogP contribution >= 0.6 is 11.5 Å². The molecule has 1 atom stereocenters. The van der Waals surface area contributed by atoms with Gasteiger partial charge in [0.2, 0.25) is 0 Å². The van der Waals surface area contributed by atoms with E-state index in [-0.39, 0.29) is 6.04 Å². The van der Waals surface area contributed by atoms with Crippen LogP contribution in [0.15, 0.2) is 18.2 Å². The van der Waals surface area contributed by atoms with Crippen LogP contribution in [0.25, 0.3) is 0 Å². The smallest absolute Gasteiger partial charge is 0.0840 e. The molecule has 1 aromatic carbocycles. The number of nitrogens with one attached hydrogen (secondary N) is 1. The highest BCUT2D eigenvalue weighted by atomic mass is 32.1. The average molecular weight is 276 g/mol. The van der Waals surface area contributed by atoms with E-state index in [0.29, 0.717) is 0 Å². The Bertz CT molecular complexity index is 550. The lowest BCUT2D eigenvalue weighted by Crippen LogP contribution is -2.29. The van der Waals surface area contributed by atoms with Gasteiger partial charge in [-0.1, -0.05) is 36.0 Å². The van der Waals surface area contributed by atoms with Gasteiger partial charge in [0.05, 0.1) is 16.6 Å². The third-order valence-electron chi connectivity index (χ3n) is 3.46. The second-order valence-electron chi connectivity index (χ2n) is 4.72. The fraction of sp³-hybridized carbons (Fsp3) is 0.429. The summed E-state index contributed by atoms with van der Waals surface area (Å²) in [6.45, 7) is 6.39. The largest absolute Gasteiger partial charge is 0.271 e. The molecule has 0 fully saturated rings. The van der Waals surface area contributed by atoms with Gasteiger partial charge in [-0.05, 0) is 48.5 Å². The minimum absolute atomic E-state index is 0.0264. The predicted molar refractivity (Wildman–Crippen MR) is 79.0 cm³/mol. The van der Waals surface area contributed by atoms with Crippen molar-refractivity contribution < 1.29 is 0 Å². The van der Waals surface area contributed by atoms with E-state index in [1.54, 1.807) is 0 Å². The van der Waals surface area contributed by atoms with Crippen LogP contribution in [-0.4, -0.2) is 9.59 Å². The van der Waals surface area contributed by atoms with Crippen LogP contribution in [0, 0.1) is 13.8 Å². The lowest BCUT2D eigenvalue weighted by Gasteiger charge is -2.19. The van der Waals surface area contributed by atoms with Crippen molar-refractivity contribution in [3.63, 3.8) is 0 Å². The van der Waals surface area contributed by atoms with E-state index in [2.05, 4.69) is 54.0 Å². The molecule has 0 spiro atoms. The Balaban J connectivity index is 2.44. The molecule has 102 valence electrons. The van der Waals surface area contributed by atoms with Crippen molar-refractivity contribution in [1.82, 2.24) is 15.0 Å². The van der Waals surface area contributed by atoms with Crippen LogP contribution in [0.3, 0.4) is 0 Å². The van der Waals surface area contributed by atoms with Gasteiger partial charge in [0.1, 0.15) is 0 Å². The van der Waals surface area contributed by atoms with E-state index in [9.17, 15) is 0 Å². The zero-order chi connectivity index (χ0) is 13.8. The lowest BCUT2D eigenvalue weighted by molar-refractivity contribution is 0.633. The summed E-state index contributed by atoms with van der Waals surface area (Å²) in [5.74, 6) is 5.78. The van der Waals surface area contributed by atoms with Crippen molar-refractivity contribution in [2.24, 2.45) is 5.84 Å². The van der Waals surface area contributed by atoms with E-state index in [0.717, 1.165) is 23.4 Å². The number of benzene rings is 1. The highest BCUT2D eigenvalue weighted by Crippen LogP contribution is 2.30. The molecule has 4 nitrogen and oxygen atoms in total. The Kier molecular flexibility index (Phi) is 4.63.